The van der Waals surface area contributed by atoms with Gasteiger partial charge in [0.25, 0.3) is 5.91 Å². The first-order chi connectivity index (χ1) is 10.1. The van der Waals surface area contributed by atoms with Crippen molar-refractivity contribution < 1.29 is 14.4 Å². The third kappa shape index (κ3) is 4.48. The second kappa shape index (κ2) is 7.48. The van der Waals surface area contributed by atoms with Gasteiger partial charge in [-0.3, -0.25) is 4.79 Å². The number of hydrogen-bond donors (Lipinski definition) is 1. The molecule has 5 heteroatoms. The summed E-state index contributed by atoms with van der Waals surface area (Å²) in [7, 11) is 0. The van der Waals surface area contributed by atoms with Crippen LogP contribution in [-0.2, 0) is 4.79 Å². The van der Waals surface area contributed by atoms with E-state index in [1.807, 2.05) is 23.1 Å². The summed E-state index contributed by atoms with van der Waals surface area (Å²) >= 11 is 5.92. The van der Waals surface area contributed by atoms with Crippen molar-refractivity contribution in [3.63, 3.8) is 0 Å². The molecule has 1 aliphatic heterocycles. The Balaban J connectivity index is 1.87. The molecule has 2 rings (SSSR count). The highest BCUT2D eigenvalue weighted by Crippen LogP contribution is 2.18. The van der Waals surface area contributed by atoms with E-state index in [1.165, 1.54) is 4.90 Å². The monoisotopic (exact) mass is 309 g/mol. The number of halogens is 1. The molecule has 1 fully saturated rings. The van der Waals surface area contributed by atoms with E-state index in [4.69, 9.17) is 16.3 Å². The van der Waals surface area contributed by atoms with Gasteiger partial charge in [0, 0.05) is 5.02 Å². The number of benzene rings is 1. The SMILES string of the molecule is C=CC[NH+]1CCN(C(=O)[C@@H](C)Oc2cccc(Cl)c2)CC1. The Bertz CT molecular complexity index is 499. The molecule has 0 aliphatic carbocycles. The van der Waals surface area contributed by atoms with Crippen LogP contribution < -0.4 is 9.64 Å². The molecule has 1 aromatic carbocycles. The predicted octanol–water partition coefficient (Wildman–Crippen LogP) is 1.02. The fourth-order valence-corrected chi connectivity index (χ4v) is 2.68. The summed E-state index contributed by atoms with van der Waals surface area (Å²) in [6.07, 6.45) is 1.43. The Labute approximate surface area is 130 Å². The summed E-state index contributed by atoms with van der Waals surface area (Å²) < 4.78 is 5.69. The zero-order valence-corrected chi connectivity index (χ0v) is 13.1. The Morgan fingerprint density at radius 2 is 2.24 bits per heavy atom. The molecular formula is C16H22ClN2O2+. The van der Waals surface area contributed by atoms with Crippen molar-refractivity contribution in [2.24, 2.45) is 0 Å². The second-order valence-corrected chi connectivity index (χ2v) is 5.72. The molecule has 1 aromatic rings. The van der Waals surface area contributed by atoms with E-state index in [-0.39, 0.29) is 5.91 Å². The van der Waals surface area contributed by atoms with Gasteiger partial charge in [0.15, 0.2) is 6.10 Å². The number of carbonyl (C=O) groups is 1. The van der Waals surface area contributed by atoms with Gasteiger partial charge in [0.05, 0.1) is 32.7 Å². The van der Waals surface area contributed by atoms with Gasteiger partial charge in [-0.05, 0) is 31.2 Å². The van der Waals surface area contributed by atoms with E-state index < -0.39 is 6.10 Å². The van der Waals surface area contributed by atoms with Crippen LogP contribution in [0.2, 0.25) is 5.02 Å². The van der Waals surface area contributed by atoms with Crippen molar-refractivity contribution >= 4 is 17.5 Å². The highest BCUT2D eigenvalue weighted by Gasteiger charge is 2.27. The Morgan fingerprint density at radius 3 is 2.86 bits per heavy atom. The predicted molar refractivity (Wildman–Crippen MR) is 83.9 cm³/mol. The number of amides is 1. The lowest BCUT2D eigenvalue weighted by Crippen LogP contribution is -3.14. The Kier molecular flexibility index (Phi) is 5.65. The van der Waals surface area contributed by atoms with Crippen LogP contribution in [0.1, 0.15) is 6.92 Å². The van der Waals surface area contributed by atoms with Crippen LogP contribution in [-0.4, -0.2) is 49.6 Å². The van der Waals surface area contributed by atoms with E-state index in [2.05, 4.69) is 6.58 Å². The summed E-state index contributed by atoms with van der Waals surface area (Å²) in [5.41, 5.74) is 0. The molecule has 1 atom stereocenters. The lowest BCUT2D eigenvalue weighted by Gasteiger charge is -2.33. The molecule has 4 nitrogen and oxygen atoms in total. The molecule has 114 valence electrons. The van der Waals surface area contributed by atoms with Crippen LogP contribution in [0.3, 0.4) is 0 Å². The van der Waals surface area contributed by atoms with Crippen molar-refractivity contribution in [2.45, 2.75) is 13.0 Å². The van der Waals surface area contributed by atoms with E-state index in [0.29, 0.717) is 10.8 Å². The average molecular weight is 310 g/mol. The summed E-state index contributed by atoms with van der Waals surface area (Å²) in [6, 6.07) is 7.12. The summed E-state index contributed by atoms with van der Waals surface area (Å²) in [5.74, 6) is 0.659. The first-order valence-corrected chi connectivity index (χ1v) is 7.63. The van der Waals surface area contributed by atoms with Crippen LogP contribution in [0.4, 0.5) is 0 Å². The number of piperazine rings is 1. The number of hydrogen-bond acceptors (Lipinski definition) is 2. The van der Waals surface area contributed by atoms with Crippen LogP contribution in [0, 0.1) is 0 Å². The molecule has 1 aliphatic rings. The molecular weight excluding hydrogens is 288 g/mol. The number of ether oxygens (including phenoxy) is 1. The molecule has 1 N–H and O–H groups in total. The number of nitrogens with one attached hydrogen (secondary N) is 1. The topological polar surface area (TPSA) is 34.0 Å². The smallest absolute Gasteiger partial charge is 0.263 e. The van der Waals surface area contributed by atoms with Crippen LogP contribution in [0.25, 0.3) is 0 Å². The summed E-state index contributed by atoms with van der Waals surface area (Å²) in [4.78, 5) is 15.7. The third-order valence-corrected chi connectivity index (χ3v) is 3.91. The minimum Gasteiger partial charge on any atom is -0.481 e. The van der Waals surface area contributed by atoms with Gasteiger partial charge in [-0.25, -0.2) is 0 Å². The molecule has 0 unspecified atom stereocenters. The molecule has 0 aromatic heterocycles. The van der Waals surface area contributed by atoms with Crippen molar-refractivity contribution in [1.82, 2.24) is 4.90 Å². The van der Waals surface area contributed by atoms with Gasteiger partial charge in [0.1, 0.15) is 5.75 Å². The largest absolute Gasteiger partial charge is 0.481 e. The number of nitrogens with zero attached hydrogens (tertiary/aromatic N) is 1. The van der Waals surface area contributed by atoms with Crippen molar-refractivity contribution in [1.29, 1.82) is 0 Å². The average Bonchev–Trinajstić information content (AvgIpc) is 2.47. The zero-order chi connectivity index (χ0) is 15.2. The molecule has 0 saturated carbocycles. The zero-order valence-electron chi connectivity index (χ0n) is 12.3. The van der Waals surface area contributed by atoms with Crippen molar-refractivity contribution in [2.75, 3.05) is 32.7 Å². The van der Waals surface area contributed by atoms with Crippen LogP contribution in [0.5, 0.6) is 5.75 Å². The second-order valence-electron chi connectivity index (χ2n) is 5.29. The maximum atomic E-state index is 12.4. The fraction of sp³-hybridized carbons (Fsp3) is 0.438. The van der Waals surface area contributed by atoms with Gasteiger partial charge in [-0.2, -0.15) is 0 Å². The quantitative estimate of drug-likeness (QED) is 0.824. The number of quaternary nitrogens is 1. The lowest BCUT2D eigenvalue weighted by molar-refractivity contribution is -0.898. The Morgan fingerprint density at radius 1 is 1.52 bits per heavy atom. The number of carbonyl (C=O) groups excluding carboxylic acids is 1. The van der Waals surface area contributed by atoms with E-state index in [0.717, 1.165) is 32.7 Å². The highest BCUT2D eigenvalue weighted by atomic mass is 35.5. The molecule has 0 bridgehead atoms. The first-order valence-electron chi connectivity index (χ1n) is 7.25. The molecule has 1 amide bonds. The first kappa shape index (κ1) is 15.9. The molecule has 1 heterocycles. The summed E-state index contributed by atoms with van der Waals surface area (Å²) in [5, 5.41) is 0.605. The van der Waals surface area contributed by atoms with Gasteiger partial charge < -0.3 is 14.5 Å². The summed E-state index contributed by atoms with van der Waals surface area (Å²) in [6.45, 7) is 9.96. The molecule has 0 spiro atoms. The highest BCUT2D eigenvalue weighted by molar-refractivity contribution is 6.30. The standard InChI is InChI=1S/C16H21ClN2O2/c1-3-7-18-8-10-19(11-9-18)16(20)13(2)21-15-6-4-5-14(17)12-15/h3-6,12-13H,1,7-11H2,2H3/p+1/t13-/m1/s1. The van der Waals surface area contributed by atoms with Crippen molar-refractivity contribution in [3.05, 3.63) is 41.9 Å². The van der Waals surface area contributed by atoms with Crippen molar-refractivity contribution in [3.8, 4) is 5.75 Å². The fourth-order valence-electron chi connectivity index (χ4n) is 2.50. The molecule has 0 radical (unpaired) electrons. The third-order valence-electron chi connectivity index (χ3n) is 3.67. The van der Waals surface area contributed by atoms with Gasteiger partial charge in [-0.1, -0.05) is 24.2 Å². The normalized spacial score (nSPS) is 17.3. The molecule has 1 saturated heterocycles. The van der Waals surface area contributed by atoms with Gasteiger partial charge in [0.2, 0.25) is 0 Å². The van der Waals surface area contributed by atoms with Crippen LogP contribution in [0.15, 0.2) is 36.9 Å². The van der Waals surface area contributed by atoms with E-state index in [9.17, 15) is 4.79 Å². The molecule has 21 heavy (non-hydrogen) atoms. The maximum Gasteiger partial charge on any atom is 0.263 e. The Hall–Kier alpha value is -1.52. The minimum atomic E-state index is -0.496. The maximum absolute atomic E-state index is 12.4. The van der Waals surface area contributed by atoms with Crippen LogP contribution >= 0.6 is 11.6 Å². The van der Waals surface area contributed by atoms with Gasteiger partial charge >= 0.3 is 0 Å². The lowest BCUT2D eigenvalue weighted by atomic mass is 10.2. The van der Waals surface area contributed by atoms with E-state index >= 15 is 0 Å². The number of rotatable bonds is 5. The van der Waals surface area contributed by atoms with Gasteiger partial charge in [-0.15, -0.1) is 0 Å². The van der Waals surface area contributed by atoms with E-state index in [1.54, 1.807) is 19.1 Å². The minimum absolute atomic E-state index is 0.0348.